The summed E-state index contributed by atoms with van der Waals surface area (Å²) in [5.74, 6) is -0.411. The SMILES string of the molecule is C=CC(=N)C(=O)c1cncnc1. The number of carbonyl (C=O) groups is 1. The van der Waals surface area contributed by atoms with Crippen molar-refractivity contribution in [2.24, 2.45) is 0 Å². The van der Waals surface area contributed by atoms with E-state index in [0.29, 0.717) is 5.56 Å². The van der Waals surface area contributed by atoms with Gasteiger partial charge in [-0.25, -0.2) is 9.97 Å². The summed E-state index contributed by atoms with van der Waals surface area (Å²) in [6.07, 6.45) is 5.25. The number of rotatable bonds is 3. The molecular formula is C8H7N3O. The molecule has 0 aliphatic carbocycles. The lowest BCUT2D eigenvalue weighted by atomic mass is 10.1. The van der Waals surface area contributed by atoms with Crippen LogP contribution in [0.2, 0.25) is 0 Å². The maximum atomic E-state index is 11.2. The maximum absolute atomic E-state index is 11.2. The van der Waals surface area contributed by atoms with Crippen molar-refractivity contribution in [1.29, 1.82) is 5.41 Å². The highest BCUT2D eigenvalue weighted by atomic mass is 16.1. The first-order chi connectivity index (χ1) is 5.75. The molecule has 0 unspecified atom stereocenters. The fourth-order valence-corrected chi connectivity index (χ4v) is 0.665. The van der Waals surface area contributed by atoms with E-state index in [0.717, 1.165) is 0 Å². The smallest absolute Gasteiger partial charge is 0.213 e. The molecule has 1 aromatic rings. The summed E-state index contributed by atoms with van der Waals surface area (Å²) < 4.78 is 0. The van der Waals surface area contributed by atoms with Crippen molar-refractivity contribution in [3.63, 3.8) is 0 Å². The van der Waals surface area contributed by atoms with E-state index in [1.165, 1.54) is 24.8 Å². The third kappa shape index (κ3) is 1.60. The Kier molecular flexibility index (Phi) is 2.42. The average molecular weight is 161 g/mol. The Morgan fingerprint density at radius 3 is 2.58 bits per heavy atom. The molecule has 0 amide bonds. The number of nitrogens with one attached hydrogen (secondary N) is 1. The molecule has 0 saturated carbocycles. The van der Waals surface area contributed by atoms with Crippen LogP contribution in [0.5, 0.6) is 0 Å². The molecule has 0 aromatic carbocycles. The summed E-state index contributed by atoms with van der Waals surface area (Å²) in [6, 6.07) is 0. The minimum atomic E-state index is -0.411. The van der Waals surface area contributed by atoms with E-state index in [-0.39, 0.29) is 5.71 Å². The van der Waals surface area contributed by atoms with Crippen molar-refractivity contribution in [3.05, 3.63) is 36.9 Å². The van der Waals surface area contributed by atoms with Crippen LogP contribution in [0.3, 0.4) is 0 Å². The van der Waals surface area contributed by atoms with E-state index >= 15 is 0 Å². The van der Waals surface area contributed by atoms with Crippen LogP contribution in [0.4, 0.5) is 0 Å². The summed E-state index contributed by atoms with van der Waals surface area (Å²) in [5.41, 5.74) is 0.159. The van der Waals surface area contributed by atoms with Gasteiger partial charge in [-0.2, -0.15) is 0 Å². The van der Waals surface area contributed by atoms with Gasteiger partial charge in [0.05, 0.1) is 5.56 Å². The number of hydrogen-bond acceptors (Lipinski definition) is 4. The third-order valence-corrected chi connectivity index (χ3v) is 1.27. The Balaban J connectivity index is 2.93. The highest BCUT2D eigenvalue weighted by Gasteiger charge is 2.08. The largest absolute Gasteiger partial charge is 0.297 e. The molecule has 1 aromatic heterocycles. The van der Waals surface area contributed by atoms with Crippen LogP contribution in [0.25, 0.3) is 0 Å². The Morgan fingerprint density at radius 1 is 1.50 bits per heavy atom. The molecule has 1 rings (SSSR count). The number of hydrogen-bond donors (Lipinski definition) is 1. The second-order valence-corrected chi connectivity index (χ2v) is 2.07. The van der Waals surface area contributed by atoms with E-state index in [9.17, 15) is 4.79 Å². The van der Waals surface area contributed by atoms with Gasteiger partial charge in [-0.1, -0.05) is 6.58 Å². The van der Waals surface area contributed by atoms with E-state index < -0.39 is 5.78 Å². The number of allylic oxidation sites excluding steroid dienone is 1. The van der Waals surface area contributed by atoms with Crippen LogP contribution in [0, 0.1) is 5.41 Å². The predicted molar refractivity (Wildman–Crippen MR) is 44.3 cm³/mol. The Labute approximate surface area is 69.5 Å². The van der Waals surface area contributed by atoms with E-state index in [1.807, 2.05) is 0 Å². The van der Waals surface area contributed by atoms with Crippen LogP contribution < -0.4 is 0 Å². The van der Waals surface area contributed by atoms with Gasteiger partial charge < -0.3 is 0 Å². The Bertz CT molecular complexity index is 318. The first-order valence-corrected chi connectivity index (χ1v) is 3.26. The van der Waals surface area contributed by atoms with Gasteiger partial charge in [0.2, 0.25) is 5.78 Å². The fraction of sp³-hybridized carbons (Fsp3) is 0. The number of Topliss-reactive ketones (excluding diaryl/α,β-unsaturated/α-hetero) is 1. The van der Waals surface area contributed by atoms with Gasteiger partial charge in [0.15, 0.2) is 0 Å². The molecule has 0 bridgehead atoms. The van der Waals surface area contributed by atoms with Crippen molar-refractivity contribution < 1.29 is 4.79 Å². The van der Waals surface area contributed by atoms with Gasteiger partial charge in [-0.05, 0) is 6.08 Å². The van der Waals surface area contributed by atoms with Gasteiger partial charge >= 0.3 is 0 Å². The van der Waals surface area contributed by atoms with Crippen molar-refractivity contribution in [2.45, 2.75) is 0 Å². The van der Waals surface area contributed by atoms with Crippen molar-refractivity contribution in [1.82, 2.24) is 9.97 Å². The molecule has 0 atom stereocenters. The maximum Gasteiger partial charge on any atom is 0.213 e. The first-order valence-electron chi connectivity index (χ1n) is 3.26. The van der Waals surface area contributed by atoms with Gasteiger partial charge in [0, 0.05) is 12.4 Å². The van der Waals surface area contributed by atoms with E-state index in [2.05, 4.69) is 16.5 Å². The van der Waals surface area contributed by atoms with Crippen LogP contribution in [0.15, 0.2) is 31.4 Å². The number of aromatic nitrogens is 2. The van der Waals surface area contributed by atoms with Crippen molar-refractivity contribution >= 4 is 11.5 Å². The molecule has 4 heteroatoms. The monoisotopic (exact) mass is 161 g/mol. The lowest BCUT2D eigenvalue weighted by Crippen LogP contribution is -2.10. The van der Waals surface area contributed by atoms with E-state index in [4.69, 9.17) is 5.41 Å². The first kappa shape index (κ1) is 8.26. The van der Waals surface area contributed by atoms with Crippen LogP contribution >= 0.6 is 0 Å². The topological polar surface area (TPSA) is 66.7 Å². The quantitative estimate of drug-likeness (QED) is 0.528. The van der Waals surface area contributed by atoms with Crippen LogP contribution in [0.1, 0.15) is 10.4 Å². The lowest BCUT2D eigenvalue weighted by molar-refractivity contribution is 0.106. The number of ketones is 1. The lowest BCUT2D eigenvalue weighted by Gasteiger charge is -1.95. The number of nitrogens with zero attached hydrogens (tertiary/aromatic N) is 2. The Hall–Kier alpha value is -1.84. The Morgan fingerprint density at radius 2 is 2.08 bits per heavy atom. The van der Waals surface area contributed by atoms with Crippen LogP contribution in [-0.2, 0) is 0 Å². The zero-order valence-electron chi connectivity index (χ0n) is 6.32. The predicted octanol–water partition coefficient (Wildman–Crippen LogP) is 0.865. The van der Waals surface area contributed by atoms with Crippen LogP contribution in [-0.4, -0.2) is 21.5 Å². The number of carbonyl (C=O) groups excluding carboxylic acids is 1. The summed E-state index contributed by atoms with van der Waals surface area (Å²) in [7, 11) is 0. The van der Waals surface area contributed by atoms with Gasteiger partial charge in [-0.3, -0.25) is 10.2 Å². The summed E-state index contributed by atoms with van der Waals surface area (Å²) in [4.78, 5) is 18.5. The van der Waals surface area contributed by atoms with Gasteiger partial charge in [-0.15, -0.1) is 0 Å². The van der Waals surface area contributed by atoms with Gasteiger partial charge in [0.25, 0.3) is 0 Å². The average Bonchev–Trinajstić information content (AvgIpc) is 2.17. The summed E-state index contributed by atoms with van der Waals surface area (Å²) in [6.45, 7) is 3.32. The minimum Gasteiger partial charge on any atom is -0.297 e. The zero-order valence-corrected chi connectivity index (χ0v) is 6.32. The molecular weight excluding hydrogens is 154 g/mol. The van der Waals surface area contributed by atoms with E-state index in [1.54, 1.807) is 0 Å². The van der Waals surface area contributed by atoms with Crippen molar-refractivity contribution in [2.75, 3.05) is 0 Å². The fourth-order valence-electron chi connectivity index (χ4n) is 0.665. The molecule has 0 aliphatic heterocycles. The molecule has 0 fully saturated rings. The molecule has 12 heavy (non-hydrogen) atoms. The molecule has 60 valence electrons. The molecule has 1 N–H and O–H groups in total. The molecule has 0 spiro atoms. The van der Waals surface area contributed by atoms with Gasteiger partial charge in [0.1, 0.15) is 12.0 Å². The zero-order chi connectivity index (χ0) is 8.97. The highest BCUT2D eigenvalue weighted by Crippen LogP contribution is 1.96. The molecule has 0 aliphatic rings. The third-order valence-electron chi connectivity index (χ3n) is 1.27. The second-order valence-electron chi connectivity index (χ2n) is 2.07. The summed E-state index contributed by atoms with van der Waals surface area (Å²) >= 11 is 0. The minimum absolute atomic E-state index is 0.148. The molecule has 1 heterocycles. The molecule has 0 radical (unpaired) electrons. The standard InChI is InChI=1S/C8H7N3O/c1-2-7(9)8(12)6-3-10-5-11-4-6/h2-5,9H,1H2. The normalized spacial score (nSPS) is 9.00. The molecule has 0 saturated heterocycles. The van der Waals surface area contributed by atoms with Crippen molar-refractivity contribution in [3.8, 4) is 0 Å². The molecule has 4 nitrogen and oxygen atoms in total. The second kappa shape index (κ2) is 3.52. The summed E-state index contributed by atoms with van der Waals surface area (Å²) in [5, 5.41) is 7.16. The highest BCUT2D eigenvalue weighted by molar-refractivity contribution is 6.48.